The number of rotatable bonds is 6. The third-order valence-electron chi connectivity index (χ3n) is 5.53. The third kappa shape index (κ3) is 3.38. The van der Waals surface area contributed by atoms with E-state index in [1.54, 1.807) is 24.3 Å². The molecule has 0 saturated heterocycles. The van der Waals surface area contributed by atoms with Gasteiger partial charge in [0.1, 0.15) is 17.6 Å². The summed E-state index contributed by atoms with van der Waals surface area (Å²) in [6.45, 7) is 3.63. The molecule has 1 saturated carbocycles. The van der Waals surface area contributed by atoms with Gasteiger partial charge < -0.3 is 14.6 Å². The average Bonchev–Trinajstić information content (AvgIpc) is 3.27. The first-order chi connectivity index (χ1) is 13.8. The van der Waals surface area contributed by atoms with Crippen molar-refractivity contribution in [2.45, 2.75) is 35.8 Å². The summed E-state index contributed by atoms with van der Waals surface area (Å²) in [6, 6.07) is 11.1. The Kier molecular flexibility index (Phi) is 4.84. The number of nitrogens with one attached hydrogen (secondary N) is 1. The van der Waals surface area contributed by atoms with Gasteiger partial charge in [0.15, 0.2) is 0 Å². The maximum absolute atomic E-state index is 12.9. The molecule has 0 bridgehead atoms. The van der Waals surface area contributed by atoms with E-state index >= 15 is 0 Å². The lowest BCUT2D eigenvalue weighted by Gasteiger charge is -2.20. The zero-order valence-corrected chi connectivity index (χ0v) is 16.6. The van der Waals surface area contributed by atoms with Crippen LogP contribution in [0.2, 0.25) is 0 Å². The minimum atomic E-state index is -3.72. The molecule has 152 valence electrons. The Bertz CT molecular complexity index is 1080. The Hall–Kier alpha value is -2.84. The molecule has 2 aliphatic rings. The predicted molar refractivity (Wildman–Crippen MR) is 107 cm³/mol. The summed E-state index contributed by atoms with van der Waals surface area (Å²) < 4.78 is 39.7. The van der Waals surface area contributed by atoms with Crippen molar-refractivity contribution < 1.29 is 27.8 Å². The number of para-hydroxylation sites is 1. The summed E-state index contributed by atoms with van der Waals surface area (Å²) in [5, 5.41) is 9.28. The molecule has 0 spiro atoms. The highest BCUT2D eigenvalue weighted by molar-refractivity contribution is 7.89. The molecule has 2 N–H and O–H groups in total. The predicted octanol–water partition coefficient (Wildman–Crippen LogP) is 2.78. The number of carboxylic acids is 1. The number of benzene rings is 2. The second kappa shape index (κ2) is 7.20. The molecule has 1 aliphatic carbocycles. The molecule has 7 nitrogen and oxygen atoms in total. The fourth-order valence-corrected chi connectivity index (χ4v) is 5.41. The van der Waals surface area contributed by atoms with Gasteiger partial charge in [-0.15, -0.1) is 0 Å². The lowest BCUT2D eigenvalue weighted by molar-refractivity contribution is -0.130. The van der Waals surface area contributed by atoms with Crippen molar-refractivity contribution in [3.63, 3.8) is 0 Å². The van der Waals surface area contributed by atoms with Crippen molar-refractivity contribution in [1.82, 2.24) is 4.72 Å². The van der Waals surface area contributed by atoms with Crippen LogP contribution in [-0.2, 0) is 14.8 Å². The summed E-state index contributed by atoms with van der Waals surface area (Å²) >= 11 is 0. The maximum atomic E-state index is 12.9. The van der Waals surface area contributed by atoms with Crippen molar-refractivity contribution in [2.75, 3.05) is 7.11 Å². The molecule has 1 aliphatic heterocycles. The van der Waals surface area contributed by atoms with Crippen LogP contribution in [0.1, 0.15) is 29.9 Å². The number of carbonyl (C=O) groups is 1. The van der Waals surface area contributed by atoms with Gasteiger partial charge in [0.05, 0.1) is 17.6 Å². The lowest BCUT2D eigenvalue weighted by Crippen LogP contribution is -2.37. The van der Waals surface area contributed by atoms with Crippen molar-refractivity contribution >= 4 is 21.6 Å². The van der Waals surface area contributed by atoms with Gasteiger partial charge in [-0.3, -0.25) is 0 Å². The molecule has 0 aromatic heterocycles. The van der Waals surface area contributed by atoms with Crippen molar-refractivity contribution in [3.05, 3.63) is 60.2 Å². The monoisotopic (exact) mass is 415 g/mol. The van der Waals surface area contributed by atoms with Crippen LogP contribution in [0.25, 0.3) is 5.57 Å². The van der Waals surface area contributed by atoms with Crippen molar-refractivity contribution in [3.8, 4) is 11.5 Å². The molecule has 0 radical (unpaired) electrons. The van der Waals surface area contributed by atoms with E-state index < -0.39 is 16.0 Å². The zero-order chi connectivity index (χ0) is 20.8. The lowest BCUT2D eigenvalue weighted by atomic mass is 9.92. The van der Waals surface area contributed by atoms with Crippen molar-refractivity contribution in [2.24, 2.45) is 0 Å². The van der Waals surface area contributed by atoms with Crippen LogP contribution in [0, 0.1) is 0 Å². The van der Waals surface area contributed by atoms with Crippen LogP contribution < -0.4 is 14.2 Å². The van der Waals surface area contributed by atoms with E-state index in [4.69, 9.17) is 9.47 Å². The van der Waals surface area contributed by atoms with Crippen LogP contribution >= 0.6 is 0 Å². The Morgan fingerprint density at radius 1 is 1.21 bits per heavy atom. The van der Waals surface area contributed by atoms with Gasteiger partial charge in [0, 0.05) is 23.1 Å². The molecule has 3 atom stereocenters. The molecule has 1 heterocycles. The first-order valence-electron chi connectivity index (χ1n) is 9.20. The summed E-state index contributed by atoms with van der Waals surface area (Å²) in [4.78, 5) is 11.5. The van der Waals surface area contributed by atoms with Crippen LogP contribution in [0.3, 0.4) is 0 Å². The molecule has 2 aromatic rings. The van der Waals surface area contributed by atoms with E-state index in [9.17, 15) is 18.3 Å². The Labute approximate surface area is 169 Å². The standard InChI is InChI=1S/C21H21NO6S/c1-12(21(23)24)15-4-3-5-16-19-17(10-11-18(19)28-20(15)16)22-29(25,26)14-8-6-13(27-2)7-9-14/h3-9,17-19,22H,1,10-11H2,2H3,(H,23,24). The van der Waals surface area contributed by atoms with Crippen LogP contribution in [0.15, 0.2) is 53.9 Å². The van der Waals surface area contributed by atoms with Gasteiger partial charge >= 0.3 is 5.97 Å². The third-order valence-corrected chi connectivity index (χ3v) is 7.04. The number of aliphatic carboxylic acids is 1. The van der Waals surface area contributed by atoms with E-state index in [1.165, 1.54) is 19.2 Å². The van der Waals surface area contributed by atoms with Gasteiger partial charge in [0.25, 0.3) is 0 Å². The fraction of sp³-hybridized carbons (Fsp3) is 0.286. The van der Waals surface area contributed by atoms with Gasteiger partial charge in [-0.2, -0.15) is 0 Å². The van der Waals surface area contributed by atoms with E-state index in [2.05, 4.69) is 11.3 Å². The number of hydrogen-bond donors (Lipinski definition) is 2. The first kappa shape index (κ1) is 19.5. The SMILES string of the molecule is C=C(C(=O)O)c1cccc2c1OC1CCC(NS(=O)(=O)c3ccc(OC)cc3)C21. The highest BCUT2D eigenvalue weighted by Gasteiger charge is 2.47. The van der Waals surface area contributed by atoms with Gasteiger partial charge in [-0.25, -0.2) is 17.9 Å². The molecule has 3 unspecified atom stereocenters. The average molecular weight is 415 g/mol. The number of methoxy groups -OCH3 is 1. The Morgan fingerprint density at radius 2 is 1.93 bits per heavy atom. The number of hydrogen-bond acceptors (Lipinski definition) is 5. The number of carboxylic acid groups (broad SMARTS) is 1. The second-order valence-corrected chi connectivity index (χ2v) is 8.88. The van der Waals surface area contributed by atoms with E-state index in [1.807, 2.05) is 6.07 Å². The van der Waals surface area contributed by atoms with Crippen molar-refractivity contribution in [1.29, 1.82) is 0 Å². The van der Waals surface area contributed by atoms with Crippen LogP contribution in [0.5, 0.6) is 11.5 Å². The number of ether oxygens (including phenoxy) is 2. The van der Waals surface area contributed by atoms with Gasteiger partial charge in [-0.05, 0) is 37.1 Å². The molecular weight excluding hydrogens is 394 g/mol. The first-order valence-corrected chi connectivity index (χ1v) is 10.7. The van der Waals surface area contributed by atoms with E-state index in [0.29, 0.717) is 29.9 Å². The molecule has 8 heteroatoms. The summed E-state index contributed by atoms with van der Waals surface area (Å²) in [5.41, 5.74) is 1.20. The molecule has 4 rings (SSSR count). The zero-order valence-electron chi connectivity index (χ0n) is 15.8. The molecule has 29 heavy (non-hydrogen) atoms. The highest BCUT2D eigenvalue weighted by atomic mass is 32.2. The summed E-state index contributed by atoms with van der Waals surface area (Å²) in [6.07, 6.45) is 1.11. The highest BCUT2D eigenvalue weighted by Crippen LogP contribution is 2.49. The minimum Gasteiger partial charge on any atom is -0.497 e. The number of fused-ring (bicyclic) bond motifs is 3. The summed E-state index contributed by atoms with van der Waals surface area (Å²) in [5.74, 6) is -0.229. The largest absolute Gasteiger partial charge is 0.497 e. The Morgan fingerprint density at radius 3 is 2.59 bits per heavy atom. The van der Waals surface area contributed by atoms with E-state index in [-0.39, 0.29) is 28.5 Å². The number of sulfonamides is 1. The van der Waals surface area contributed by atoms with Crippen LogP contribution in [-0.4, -0.2) is 38.7 Å². The minimum absolute atomic E-state index is 0.0443. The molecular formula is C21H21NO6S. The van der Waals surface area contributed by atoms with Gasteiger partial charge in [0.2, 0.25) is 10.0 Å². The fourth-order valence-electron chi connectivity index (χ4n) is 4.12. The molecule has 2 aromatic carbocycles. The topological polar surface area (TPSA) is 102 Å². The Balaban J connectivity index is 1.62. The van der Waals surface area contributed by atoms with E-state index in [0.717, 1.165) is 5.56 Å². The molecule has 0 amide bonds. The second-order valence-electron chi connectivity index (χ2n) is 7.17. The smallest absolute Gasteiger partial charge is 0.335 e. The maximum Gasteiger partial charge on any atom is 0.335 e. The van der Waals surface area contributed by atoms with Crippen LogP contribution in [0.4, 0.5) is 0 Å². The quantitative estimate of drug-likeness (QED) is 0.704. The normalized spacial score (nSPS) is 22.4. The van der Waals surface area contributed by atoms with Gasteiger partial charge in [-0.1, -0.05) is 24.8 Å². The molecule has 1 fully saturated rings. The summed E-state index contributed by atoms with van der Waals surface area (Å²) in [7, 11) is -2.20.